The summed E-state index contributed by atoms with van der Waals surface area (Å²) in [6.45, 7) is -6.41. The largest absolute Gasteiger partial charge is 0.381 e. The van der Waals surface area contributed by atoms with Crippen LogP contribution in [0.4, 0.5) is 0 Å². The third-order valence-corrected chi connectivity index (χ3v) is 0.613. The zero-order valence-electron chi connectivity index (χ0n) is 12.3. The van der Waals surface area contributed by atoms with Gasteiger partial charge in [0.2, 0.25) is 0 Å². The van der Waals surface area contributed by atoms with E-state index in [4.69, 9.17) is 23.9 Å². The Hall–Kier alpha value is 0.250. The highest BCUT2D eigenvalue weighted by molar-refractivity contribution is 6.20. The van der Waals surface area contributed by atoms with E-state index in [9.17, 15) is 0 Å². The number of rotatable bonds is 0. The van der Waals surface area contributed by atoms with Crippen molar-refractivity contribution in [3.8, 4) is 0 Å². The van der Waals surface area contributed by atoms with Gasteiger partial charge in [0.15, 0.2) is 0 Å². The second kappa shape index (κ2) is 2.53. The maximum absolute atomic E-state index is 7.40. The van der Waals surface area contributed by atoms with Crippen molar-refractivity contribution < 1.29 is 17.1 Å². The van der Waals surface area contributed by atoms with Crippen molar-refractivity contribution in [3.05, 3.63) is 0 Å². The first-order valence-corrected chi connectivity index (χ1v) is 1.98. The fourth-order valence-electron chi connectivity index (χ4n) is 0.197. The Morgan fingerprint density at radius 3 is 2.86 bits per heavy atom. The van der Waals surface area contributed by atoms with Gasteiger partial charge in [0.05, 0.1) is 5.48 Å². The summed E-state index contributed by atoms with van der Waals surface area (Å²) in [7, 11) is 0. The Bertz CT molecular complexity index is 283. The van der Waals surface area contributed by atoms with Crippen molar-refractivity contribution in [2.75, 3.05) is 13.1 Å². The molecule has 0 aromatic carbocycles. The van der Waals surface area contributed by atoms with Gasteiger partial charge in [0.25, 0.3) is 0 Å². The highest BCUT2D eigenvalue weighted by Gasteiger charge is 2.08. The van der Waals surface area contributed by atoms with Gasteiger partial charge in [-0.25, -0.2) is 0 Å². The molecule has 0 aromatic heterocycles. The summed E-state index contributed by atoms with van der Waals surface area (Å²) in [5, 5.41) is -3.15. The number of ether oxygens (including phenoxy) is 1. The molecule has 0 saturated carbocycles. The monoisotopic (exact) mass is 129 g/mol. The van der Waals surface area contributed by atoms with Crippen molar-refractivity contribution in [1.29, 1.82) is 0 Å². The van der Waals surface area contributed by atoms with E-state index in [-0.39, 0.29) is 0 Å². The molecule has 1 aliphatic heterocycles. The lowest BCUT2D eigenvalue weighted by Crippen LogP contribution is -2.14. The lowest BCUT2D eigenvalue weighted by Gasteiger charge is -2.14. The minimum absolute atomic E-state index is 3.15. The molecule has 1 aliphatic rings. The quantitative estimate of drug-likeness (QED) is 0.450. The Morgan fingerprint density at radius 1 is 1.71 bits per heavy atom. The van der Waals surface area contributed by atoms with Gasteiger partial charge in [-0.05, 0) is 12.7 Å². The van der Waals surface area contributed by atoms with Gasteiger partial charge in [-0.2, -0.15) is 0 Å². The molecule has 1 saturated heterocycles. The van der Waals surface area contributed by atoms with Gasteiger partial charge in [-0.3, -0.25) is 0 Å². The zero-order chi connectivity index (χ0) is 13.2. The van der Waals surface area contributed by atoms with Crippen LogP contribution >= 0.6 is 11.6 Å². The van der Waals surface area contributed by atoms with E-state index < -0.39 is 31.2 Å². The lowest BCUT2D eigenvalue weighted by atomic mass is 10.2. The minimum atomic E-state index is -3.21. The summed E-state index contributed by atoms with van der Waals surface area (Å²) in [4.78, 5) is 0. The molecule has 1 rings (SSSR count). The summed E-state index contributed by atoms with van der Waals surface area (Å²) in [5.41, 5.74) is 0. The Balaban J connectivity index is 3.43. The van der Waals surface area contributed by atoms with Gasteiger partial charge < -0.3 is 4.74 Å². The van der Waals surface area contributed by atoms with Crippen LogP contribution in [0.25, 0.3) is 0 Å². The highest BCUT2D eigenvalue weighted by Crippen LogP contribution is 2.11. The molecule has 0 aliphatic carbocycles. The van der Waals surface area contributed by atoms with Crippen LogP contribution in [0.3, 0.4) is 0 Å². The first kappa shape index (κ1) is 1.07. The van der Waals surface area contributed by atoms with Gasteiger partial charge in [0, 0.05) is 25.3 Å². The molecule has 0 unspecified atom stereocenters. The second-order valence-electron chi connectivity index (χ2n) is 0.870. The predicted molar refractivity (Wildman–Crippen MR) is 29.7 cm³/mol. The third kappa shape index (κ3) is 1.66. The molecule has 0 radical (unpaired) electrons. The van der Waals surface area contributed by atoms with Crippen LogP contribution < -0.4 is 0 Å². The molecule has 2 heteroatoms. The van der Waals surface area contributed by atoms with E-state index in [1.54, 1.807) is 0 Å². The molecule has 0 N–H and O–H groups in total. The first-order chi connectivity index (χ1) is 6.71. The summed E-state index contributed by atoms with van der Waals surface area (Å²) >= 11 is 5.38. The average molecular weight is 130 g/mol. The number of hydrogen-bond acceptors (Lipinski definition) is 1. The van der Waals surface area contributed by atoms with Crippen LogP contribution in [0, 0.1) is 0 Å². The van der Waals surface area contributed by atoms with Crippen LogP contribution in [-0.2, 0) is 4.74 Å². The van der Waals surface area contributed by atoms with Crippen molar-refractivity contribution in [3.63, 3.8) is 0 Å². The molecule has 42 valence electrons. The summed E-state index contributed by atoms with van der Waals surface area (Å²) in [6, 6.07) is 0. The summed E-state index contributed by atoms with van der Waals surface area (Å²) < 4.78 is 69.5. The molecule has 0 atom stereocenters. The lowest BCUT2D eigenvalue weighted by molar-refractivity contribution is 0.0989. The average Bonchev–Trinajstić information content (AvgIpc) is 1.98. The highest BCUT2D eigenvalue weighted by atomic mass is 35.5. The number of halogens is 1. The molecule has 1 nitrogen and oxygen atoms in total. The van der Waals surface area contributed by atoms with E-state index in [1.165, 1.54) is 0 Å². The standard InChI is InChI=1S/C5H9ClO/c6-5-1-3-7-4-2-5/h5H,1-4H2/i1D2,2D2,3D2,4D2,5D. The number of hydrogen-bond donors (Lipinski definition) is 0. The fraction of sp³-hybridized carbons (Fsp3) is 1.00. The molecule has 1 fully saturated rings. The van der Waals surface area contributed by atoms with E-state index in [1.807, 2.05) is 0 Å². The molecule has 1 heterocycles. The van der Waals surface area contributed by atoms with Crippen molar-refractivity contribution in [1.82, 2.24) is 0 Å². The summed E-state index contributed by atoms with van der Waals surface area (Å²) in [5.74, 6) is 0. The normalized spacial score (nSPS) is 77.6. The Morgan fingerprint density at radius 2 is 2.29 bits per heavy atom. The van der Waals surface area contributed by atoms with E-state index in [2.05, 4.69) is 4.74 Å². The van der Waals surface area contributed by atoms with Crippen molar-refractivity contribution >= 4 is 11.6 Å². The third-order valence-electron chi connectivity index (χ3n) is 0.424. The van der Waals surface area contributed by atoms with Gasteiger partial charge >= 0.3 is 0 Å². The Kier molecular flexibility index (Phi) is 0.388. The van der Waals surface area contributed by atoms with Crippen LogP contribution in [0.2, 0.25) is 0 Å². The minimum Gasteiger partial charge on any atom is -0.381 e. The molecular formula is C5H9ClO. The maximum atomic E-state index is 7.40. The van der Waals surface area contributed by atoms with E-state index >= 15 is 0 Å². The zero-order valence-corrected chi connectivity index (χ0v) is 4.04. The maximum Gasteiger partial charge on any atom is 0.0567 e. The van der Waals surface area contributed by atoms with Crippen LogP contribution in [-0.4, -0.2) is 18.5 Å². The second-order valence-corrected chi connectivity index (χ2v) is 1.25. The molecule has 0 bridgehead atoms. The van der Waals surface area contributed by atoms with Gasteiger partial charge in [-0.1, -0.05) is 0 Å². The first-order valence-electron chi connectivity index (χ1n) is 6.10. The molecule has 0 amide bonds. The van der Waals surface area contributed by atoms with Crippen molar-refractivity contribution in [2.45, 2.75) is 18.1 Å². The molecule has 0 aromatic rings. The van der Waals surface area contributed by atoms with E-state index in [0.717, 1.165) is 0 Å². The molecule has 7 heavy (non-hydrogen) atoms. The summed E-state index contributed by atoms with van der Waals surface area (Å²) in [6.07, 6.45) is -6.42. The number of alkyl halides is 1. The Labute approximate surface area is 61.3 Å². The predicted octanol–water partition coefficient (Wildman–Crippen LogP) is 1.40. The smallest absolute Gasteiger partial charge is 0.0567 e. The van der Waals surface area contributed by atoms with Gasteiger partial charge in [0.1, 0.15) is 0 Å². The van der Waals surface area contributed by atoms with Crippen LogP contribution in [0.15, 0.2) is 0 Å². The van der Waals surface area contributed by atoms with Gasteiger partial charge in [-0.15, -0.1) is 11.6 Å². The van der Waals surface area contributed by atoms with Crippen LogP contribution in [0.5, 0.6) is 0 Å². The van der Waals surface area contributed by atoms with Crippen molar-refractivity contribution in [2.24, 2.45) is 0 Å². The molecular weight excluding hydrogens is 112 g/mol. The fourth-order valence-corrected chi connectivity index (χ4v) is 0.275. The molecule has 0 spiro atoms. The van der Waals surface area contributed by atoms with Crippen LogP contribution in [0.1, 0.15) is 25.1 Å². The van der Waals surface area contributed by atoms with E-state index in [0.29, 0.717) is 0 Å². The SMILES string of the molecule is [2H]C1([2H])OC([2H])([2H])C([2H])([2H])C([2H])(Cl)C1([2H])[2H]. The topological polar surface area (TPSA) is 9.23 Å².